The van der Waals surface area contributed by atoms with Crippen molar-refractivity contribution in [3.05, 3.63) is 61.2 Å². The van der Waals surface area contributed by atoms with E-state index in [4.69, 9.17) is 14.9 Å². The van der Waals surface area contributed by atoms with E-state index in [1.807, 2.05) is 0 Å². The molecule has 0 saturated heterocycles. The molecule has 0 spiro atoms. The fourth-order valence-electron chi connectivity index (χ4n) is 2.57. The van der Waals surface area contributed by atoms with E-state index >= 15 is 0 Å². The Morgan fingerprint density at radius 3 is 1.97 bits per heavy atom. The van der Waals surface area contributed by atoms with Crippen LogP contribution in [0.5, 0.6) is 23.0 Å². The molecule has 31 heavy (non-hydrogen) atoms. The van der Waals surface area contributed by atoms with Gasteiger partial charge < -0.3 is 20.1 Å². The molecule has 0 bridgehead atoms. The van der Waals surface area contributed by atoms with Crippen LogP contribution >= 0.6 is 0 Å². The first-order valence-corrected chi connectivity index (χ1v) is 8.45. The maximum atomic E-state index is 11.0. The Morgan fingerprint density at radius 1 is 0.903 bits per heavy atom. The van der Waals surface area contributed by atoms with Crippen LogP contribution < -0.4 is 4.74 Å². The molecule has 0 unspecified atom stereocenters. The number of rotatable bonds is 4. The van der Waals surface area contributed by atoms with Gasteiger partial charge in [0, 0.05) is 18.2 Å². The van der Waals surface area contributed by atoms with Gasteiger partial charge in [-0.15, -0.1) is 0 Å². The van der Waals surface area contributed by atoms with Crippen LogP contribution in [0.15, 0.2) is 24.3 Å². The quantitative estimate of drug-likeness (QED) is 0.367. The maximum absolute atomic E-state index is 11.0. The number of carbonyl (C=O) groups is 2. The molecular weight excluding hydrogens is 416 g/mol. The molecule has 0 atom stereocenters. The van der Waals surface area contributed by atoms with E-state index in [2.05, 4.69) is 0 Å². The van der Waals surface area contributed by atoms with Crippen LogP contribution in [0.2, 0.25) is 0 Å². The summed E-state index contributed by atoms with van der Waals surface area (Å²) in [4.78, 5) is 40.7. The summed E-state index contributed by atoms with van der Waals surface area (Å²) < 4.78 is 5.49. The Balaban J connectivity index is 0.000000233. The number of ether oxygens (including phenoxy) is 1. The molecule has 0 saturated carbocycles. The number of nitrogens with zero attached hydrogens (tertiary/aromatic N) is 2. The van der Waals surface area contributed by atoms with E-state index in [9.17, 15) is 34.9 Å². The number of hydrogen-bond donors (Lipinski definition) is 3. The van der Waals surface area contributed by atoms with Gasteiger partial charge in [-0.3, -0.25) is 29.8 Å². The van der Waals surface area contributed by atoms with Crippen LogP contribution in [-0.4, -0.2) is 43.3 Å². The fraction of sp³-hybridized carbons (Fsp3) is 0.158. The van der Waals surface area contributed by atoms with E-state index in [1.54, 1.807) is 19.9 Å². The lowest BCUT2D eigenvalue weighted by molar-refractivity contribution is -0.386. The summed E-state index contributed by atoms with van der Waals surface area (Å²) in [6.07, 6.45) is 3.82. The van der Waals surface area contributed by atoms with Crippen LogP contribution in [0.1, 0.15) is 40.1 Å². The molecule has 0 aliphatic carbocycles. The molecule has 2 aromatic carbocycles. The van der Waals surface area contributed by atoms with Gasteiger partial charge in [0.15, 0.2) is 18.3 Å². The third-order valence-electron chi connectivity index (χ3n) is 4.09. The van der Waals surface area contributed by atoms with Gasteiger partial charge in [0.2, 0.25) is 5.75 Å². The molecule has 12 nitrogen and oxygen atoms in total. The monoisotopic (exact) mass is 432 g/mol. The van der Waals surface area contributed by atoms with Crippen molar-refractivity contribution in [2.24, 2.45) is 0 Å². The Hall–Kier alpha value is -4.48. The molecule has 0 radical (unpaired) electrons. The first-order chi connectivity index (χ1) is 14.4. The Kier molecular flexibility index (Phi) is 6.24. The normalized spacial score (nSPS) is 13.1. The third kappa shape index (κ3) is 4.75. The second kappa shape index (κ2) is 8.49. The molecule has 3 rings (SSSR count). The van der Waals surface area contributed by atoms with Crippen molar-refractivity contribution < 1.29 is 39.5 Å². The van der Waals surface area contributed by atoms with E-state index in [0.29, 0.717) is 6.29 Å². The predicted octanol–water partition coefficient (Wildman–Crippen LogP) is 3.12. The van der Waals surface area contributed by atoms with Gasteiger partial charge >= 0.3 is 11.4 Å². The summed E-state index contributed by atoms with van der Waals surface area (Å²) in [6, 6.07) is 2.57. The summed E-state index contributed by atoms with van der Waals surface area (Å²) in [6.45, 7) is 3.47. The Labute approximate surface area is 173 Å². The maximum Gasteiger partial charge on any atom is 0.312 e. The van der Waals surface area contributed by atoms with E-state index in [-0.39, 0.29) is 40.2 Å². The topological polar surface area (TPSA) is 190 Å². The largest absolute Gasteiger partial charge is 0.507 e. The lowest BCUT2D eigenvalue weighted by Crippen LogP contribution is -2.28. The molecule has 3 N–H and O–H groups in total. The number of benzene rings is 2. The van der Waals surface area contributed by atoms with Gasteiger partial charge in [0.05, 0.1) is 26.5 Å². The summed E-state index contributed by atoms with van der Waals surface area (Å²) in [5.41, 5.74) is -1.85. The fourth-order valence-corrected chi connectivity index (χ4v) is 2.57. The second-order valence-electron chi connectivity index (χ2n) is 6.76. The van der Waals surface area contributed by atoms with Crippen molar-refractivity contribution in [3.63, 3.8) is 0 Å². The minimum absolute atomic E-state index is 0.0180. The number of nitro benzene ring substituents is 2. The van der Waals surface area contributed by atoms with Crippen LogP contribution in [0.25, 0.3) is 6.08 Å². The average Bonchev–Trinajstić information content (AvgIpc) is 2.67. The van der Waals surface area contributed by atoms with Crippen molar-refractivity contribution in [2.45, 2.75) is 19.4 Å². The number of hydrogen-bond acceptors (Lipinski definition) is 10. The number of fused-ring (bicyclic) bond motifs is 1. The van der Waals surface area contributed by atoms with E-state index in [0.717, 1.165) is 18.2 Å². The summed E-state index contributed by atoms with van der Waals surface area (Å²) in [7, 11) is 0. The van der Waals surface area contributed by atoms with Crippen LogP contribution in [0.3, 0.4) is 0 Å². The molecule has 2 aromatic rings. The Morgan fingerprint density at radius 2 is 1.45 bits per heavy atom. The SMILES string of the molecule is CC1(C)C=Cc2c(O)c(C=O)cc([N+](=O)[O-])c2O1.O=Cc1cc([N+](=O)[O-])c(O)cc1O. The zero-order chi connectivity index (χ0) is 23.5. The molecule has 0 amide bonds. The highest BCUT2D eigenvalue weighted by Crippen LogP contribution is 2.44. The minimum Gasteiger partial charge on any atom is -0.507 e. The van der Waals surface area contributed by atoms with Gasteiger partial charge in [-0.1, -0.05) is 0 Å². The molecule has 162 valence electrons. The van der Waals surface area contributed by atoms with E-state index in [1.165, 1.54) is 6.08 Å². The van der Waals surface area contributed by atoms with Crippen LogP contribution in [-0.2, 0) is 0 Å². The summed E-state index contributed by atoms with van der Waals surface area (Å²) in [5, 5.41) is 49.0. The zero-order valence-corrected chi connectivity index (χ0v) is 16.1. The summed E-state index contributed by atoms with van der Waals surface area (Å²) >= 11 is 0. The second-order valence-corrected chi connectivity index (χ2v) is 6.76. The molecule has 0 fully saturated rings. The molecule has 1 heterocycles. The molecular formula is C19H16N2O10. The molecule has 0 aromatic heterocycles. The molecule has 12 heteroatoms. The number of aldehydes is 2. The zero-order valence-electron chi connectivity index (χ0n) is 16.1. The first kappa shape index (κ1) is 22.8. The Bertz CT molecular complexity index is 1120. The number of aromatic hydroxyl groups is 3. The predicted molar refractivity (Wildman–Crippen MR) is 106 cm³/mol. The third-order valence-corrected chi connectivity index (χ3v) is 4.09. The highest BCUT2D eigenvalue weighted by Gasteiger charge is 2.32. The standard InChI is InChI=1S/C12H11NO5.C7H5NO5/c1-12(2)4-3-8-10(15)7(6-14)5-9(13(16)17)11(8)18-12;9-3-4-1-5(8(12)13)7(11)2-6(4)10/h3-6,15H,1-2H3;1-3,10-11H. The number of carbonyl (C=O) groups excluding carboxylic acids is 2. The number of phenolic OH excluding ortho intramolecular Hbond substituents is 3. The van der Waals surface area contributed by atoms with Gasteiger partial charge in [-0.05, 0) is 26.0 Å². The van der Waals surface area contributed by atoms with Crippen molar-refractivity contribution in [3.8, 4) is 23.0 Å². The van der Waals surface area contributed by atoms with Gasteiger partial charge in [0.25, 0.3) is 0 Å². The molecule has 1 aliphatic heterocycles. The van der Waals surface area contributed by atoms with Gasteiger partial charge in [0.1, 0.15) is 17.1 Å². The van der Waals surface area contributed by atoms with Crippen molar-refractivity contribution in [1.82, 2.24) is 0 Å². The smallest absolute Gasteiger partial charge is 0.312 e. The van der Waals surface area contributed by atoms with Crippen molar-refractivity contribution >= 4 is 30.0 Å². The lowest BCUT2D eigenvalue weighted by atomic mass is 9.99. The lowest BCUT2D eigenvalue weighted by Gasteiger charge is -2.27. The van der Waals surface area contributed by atoms with Crippen LogP contribution in [0, 0.1) is 20.2 Å². The minimum atomic E-state index is -0.845. The average molecular weight is 432 g/mol. The van der Waals surface area contributed by atoms with Crippen molar-refractivity contribution in [2.75, 3.05) is 0 Å². The number of nitro groups is 2. The highest BCUT2D eigenvalue weighted by atomic mass is 16.6. The van der Waals surface area contributed by atoms with Gasteiger partial charge in [-0.2, -0.15) is 0 Å². The molecule has 1 aliphatic rings. The van der Waals surface area contributed by atoms with Crippen molar-refractivity contribution in [1.29, 1.82) is 0 Å². The number of phenols is 3. The summed E-state index contributed by atoms with van der Waals surface area (Å²) in [5.74, 6) is -1.49. The highest BCUT2D eigenvalue weighted by molar-refractivity contribution is 5.87. The van der Waals surface area contributed by atoms with Crippen LogP contribution in [0.4, 0.5) is 11.4 Å². The van der Waals surface area contributed by atoms with Gasteiger partial charge in [-0.25, -0.2) is 0 Å². The first-order valence-electron chi connectivity index (χ1n) is 8.45. The van der Waals surface area contributed by atoms with E-state index < -0.39 is 32.6 Å².